The van der Waals surface area contributed by atoms with Gasteiger partial charge in [-0.15, -0.1) is 0 Å². The summed E-state index contributed by atoms with van der Waals surface area (Å²) in [5.74, 6) is 3.20. The van der Waals surface area contributed by atoms with Gasteiger partial charge in [-0.3, -0.25) is 4.90 Å². The number of anilines is 1. The predicted octanol–water partition coefficient (Wildman–Crippen LogP) is 2.46. The highest BCUT2D eigenvalue weighted by molar-refractivity contribution is 5.40. The van der Waals surface area contributed by atoms with Crippen LogP contribution in [-0.4, -0.2) is 60.8 Å². The Hall–Kier alpha value is -1.20. The second-order valence-corrected chi connectivity index (χ2v) is 7.25. The van der Waals surface area contributed by atoms with Gasteiger partial charge in [-0.1, -0.05) is 13.8 Å². The van der Waals surface area contributed by atoms with E-state index >= 15 is 0 Å². The maximum absolute atomic E-state index is 5.46. The van der Waals surface area contributed by atoms with Gasteiger partial charge in [0, 0.05) is 50.4 Å². The fourth-order valence-electron chi connectivity index (χ4n) is 3.57. The van der Waals surface area contributed by atoms with E-state index in [2.05, 4.69) is 41.6 Å². The Bertz CT molecular complexity index is 514. The van der Waals surface area contributed by atoms with Crippen molar-refractivity contribution in [3.8, 4) is 0 Å². The monoisotopic (exact) mass is 318 g/mol. The van der Waals surface area contributed by atoms with Crippen LogP contribution in [0.15, 0.2) is 6.07 Å². The van der Waals surface area contributed by atoms with E-state index < -0.39 is 0 Å². The molecule has 1 aromatic heterocycles. The lowest BCUT2D eigenvalue weighted by atomic mass is 9.97. The number of piperidine rings is 1. The Balaban J connectivity index is 1.65. The largest absolute Gasteiger partial charge is 0.379 e. The minimum absolute atomic E-state index is 0.377. The summed E-state index contributed by atoms with van der Waals surface area (Å²) in [6.45, 7) is 13.8. The number of aromatic nitrogens is 2. The van der Waals surface area contributed by atoms with E-state index in [-0.39, 0.29) is 0 Å². The molecule has 3 rings (SSSR count). The van der Waals surface area contributed by atoms with Gasteiger partial charge in [-0.25, -0.2) is 9.97 Å². The molecule has 1 unspecified atom stereocenters. The van der Waals surface area contributed by atoms with Gasteiger partial charge in [0.05, 0.1) is 13.2 Å². The third-order valence-electron chi connectivity index (χ3n) is 4.84. The molecule has 3 heterocycles. The van der Waals surface area contributed by atoms with Crippen LogP contribution in [0.25, 0.3) is 0 Å². The zero-order valence-corrected chi connectivity index (χ0v) is 14.8. The maximum atomic E-state index is 5.46. The zero-order valence-electron chi connectivity index (χ0n) is 14.8. The second-order valence-electron chi connectivity index (χ2n) is 7.25. The topological polar surface area (TPSA) is 41.5 Å². The first-order valence-electron chi connectivity index (χ1n) is 9.02. The van der Waals surface area contributed by atoms with Crippen LogP contribution in [0.2, 0.25) is 0 Å². The van der Waals surface area contributed by atoms with Crippen molar-refractivity contribution in [1.29, 1.82) is 0 Å². The van der Waals surface area contributed by atoms with Crippen LogP contribution in [0.5, 0.6) is 0 Å². The molecule has 0 N–H and O–H groups in total. The molecule has 5 nitrogen and oxygen atoms in total. The Morgan fingerprint density at radius 1 is 1.22 bits per heavy atom. The second kappa shape index (κ2) is 7.58. The van der Waals surface area contributed by atoms with Gasteiger partial charge in [0.2, 0.25) is 0 Å². The summed E-state index contributed by atoms with van der Waals surface area (Å²) in [7, 11) is 0. The number of ether oxygens (including phenoxy) is 1. The zero-order chi connectivity index (χ0) is 16.2. The van der Waals surface area contributed by atoms with E-state index in [4.69, 9.17) is 9.72 Å². The minimum atomic E-state index is 0.377. The summed E-state index contributed by atoms with van der Waals surface area (Å²) >= 11 is 0. The molecule has 2 aliphatic rings. The number of morpholine rings is 1. The van der Waals surface area contributed by atoms with Crippen LogP contribution in [0, 0.1) is 12.8 Å². The van der Waals surface area contributed by atoms with E-state index in [9.17, 15) is 0 Å². The summed E-state index contributed by atoms with van der Waals surface area (Å²) in [6, 6.07) is 2.14. The average molecular weight is 318 g/mol. The molecule has 2 aliphatic heterocycles. The number of nitrogens with zero attached hydrogens (tertiary/aromatic N) is 4. The van der Waals surface area contributed by atoms with Crippen LogP contribution in [0.4, 0.5) is 5.82 Å². The molecule has 0 saturated carbocycles. The van der Waals surface area contributed by atoms with Gasteiger partial charge < -0.3 is 9.64 Å². The molecule has 0 amide bonds. The smallest absolute Gasteiger partial charge is 0.133 e. The molecule has 0 bridgehead atoms. The molecule has 0 radical (unpaired) electrons. The van der Waals surface area contributed by atoms with Crippen molar-refractivity contribution in [1.82, 2.24) is 14.9 Å². The standard InChI is InChI=1S/C18H30N4O/c1-14(2)18-19-15(3)11-17(20-18)22-6-4-5-16(13-22)12-21-7-9-23-10-8-21/h11,14,16H,4-10,12-13H2,1-3H3. The summed E-state index contributed by atoms with van der Waals surface area (Å²) in [6.07, 6.45) is 2.59. The number of aryl methyl sites for hydroxylation is 1. The fourth-order valence-corrected chi connectivity index (χ4v) is 3.57. The van der Waals surface area contributed by atoms with Crippen molar-refractivity contribution in [2.24, 2.45) is 5.92 Å². The molecular formula is C18H30N4O. The minimum Gasteiger partial charge on any atom is -0.379 e. The van der Waals surface area contributed by atoms with Gasteiger partial charge >= 0.3 is 0 Å². The number of rotatable bonds is 4. The van der Waals surface area contributed by atoms with Crippen molar-refractivity contribution in [2.75, 3.05) is 50.8 Å². The van der Waals surface area contributed by atoms with E-state index in [0.29, 0.717) is 5.92 Å². The van der Waals surface area contributed by atoms with Crippen LogP contribution in [0.3, 0.4) is 0 Å². The normalized spacial score (nSPS) is 23.5. The molecular weight excluding hydrogens is 288 g/mol. The summed E-state index contributed by atoms with van der Waals surface area (Å²) in [4.78, 5) is 14.4. The molecule has 0 aliphatic carbocycles. The van der Waals surface area contributed by atoms with Gasteiger partial charge in [0.15, 0.2) is 0 Å². The Labute approximate surface area is 140 Å². The van der Waals surface area contributed by atoms with Crippen LogP contribution >= 0.6 is 0 Å². The van der Waals surface area contributed by atoms with Gasteiger partial charge in [0.25, 0.3) is 0 Å². The average Bonchev–Trinajstić information content (AvgIpc) is 2.55. The molecule has 2 saturated heterocycles. The molecule has 1 aromatic rings. The third-order valence-corrected chi connectivity index (χ3v) is 4.84. The highest BCUT2D eigenvalue weighted by atomic mass is 16.5. The first-order valence-corrected chi connectivity index (χ1v) is 9.02. The van der Waals surface area contributed by atoms with Crippen molar-refractivity contribution in [2.45, 2.75) is 39.5 Å². The SMILES string of the molecule is Cc1cc(N2CCCC(CN3CCOCC3)C2)nc(C(C)C)n1. The first-order chi connectivity index (χ1) is 11.1. The van der Waals surface area contributed by atoms with E-state index in [1.807, 2.05) is 0 Å². The molecule has 0 aromatic carbocycles. The van der Waals surface area contributed by atoms with Crippen molar-refractivity contribution in [3.05, 3.63) is 17.6 Å². The lowest BCUT2D eigenvalue weighted by molar-refractivity contribution is 0.0296. The van der Waals surface area contributed by atoms with Crippen molar-refractivity contribution < 1.29 is 4.74 Å². The Kier molecular flexibility index (Phi) is 5.49. The molecule has 128 valence electrons. The molecule has 2 fully saturated rings. The van der Waals surface area contributed by atoms with E-state index in [0.717, 1.165) is 62.6 Å². The fraction of sp³-hybridized carbons (Fsp3) is 0.778. The van der Waals surface area contributed by atoms with Crippen LogP contribution in [0.1, 0.15) is 44.1 Å². The van der Waals surface area contributed by atoms with Gasteiger partial charge in [-0.05, 0) is 25.7 Å². The molecule has 0 spiro atoms. The van der Waals surface area contributed by atoms with Crippen molar-refractivity contribution in [3.63, 3.8) is 0 Å². The number of hydrogen-bond acceptors (Lipinski definition) is 5. The van der Waals surface area contributed by atoms with Gasteiger partial charge in [0.1, 0.15) is 11.6 Å². The maximum Gasteiger partial charge on any atom is 0.133 e. The Morgan fingerprint density at radius 2 is 2.00 bits per heavy atom. The first kappa shape index (κ1) is 16.7. The summed E-state index contributed by atoms with van der Waals surface area (Å²) in [5, 5.41) is 0. The van der Waals surface area contributed by atoms with Crippen molar-refractivity contribution >= 4 is 5.82 Å². The molecule has 5 heteroatoms. The van der Waals surface area contributed by atoms with Crippen LogP contribution in [-0.2, 0) is 4.74 Å². The summed E-state index contributed by atoms with van der Waals surface area (Å²) < 4.78 is 5.46. The van der Waals surface area contributed by atoms with E-state index in [1.165, 1.54) is 19.4 Å². The summed E-state index contributed by atoms with van der Waals surface area (Å²) in [5.41, 5.74) is 1.08. The lowest BCUT2D eigenvalue weighted by Crippen LogP contribution is -2.44. The van der Waals surface area contributed by atoms with Gasteiger partial charge in [-0.2, -0.15) is 0 Å². The molecule has 1 atom stereocenters. The Morgan fingerprint density at radius 3 is 2.74 bits per heavy atom. The lowest BCUT2D eigenvalue weighted by Gasteiger charge is -2.37. The predicted molar refractivity (Wildman–Crippen MR) is 93.1 cm³/mol. The number of hydrogen-bond donors (Lipinski definition) is 0. The highest BCUT2D eigenvalue weighted by Gasteiger charge is 2.24. The van der Waals surface area contributed by atoms with E-state index in [1.54, 1.807) is 0 Å². The highest BCUT2D eigenvalue weighted by Crippen LogP contribution is 2.24. The molecule has 23 heavy (non-hydrogen) atoms. The van der Waals surface area contributed by atoms with Crippen LogP contribution < -0.4 is 4.90 Å². The third kappa shape index (κ3) is 4.42. The quantitative estimate of drug-likeness (QED) is 0.853.